The number of hydrogen-bond acceptors (Lipinski definition) is 3. The summed E-state index contributed by atoms with van der Waals surface area (Å²) < 4.78 is 5.40. The van der Waals surface area contributed by atoms with E-state index in [2.05, 4.69) is 37.4 Å². The molecule has 0 radical (unpaired) electrons. The Bertz CT molecular complexity index is 1170. The third-order valence-corrected chi connectivity index (χ3v) is 5.08. The molecule has 0 bridgehead atoms. The molecule has 0 aliphatic heterocycles. The Balaban J connectivity index is 1.96. The molecule has 0 heterocycles. The van der Waals surface area contributed by atoms with Crippen molar-refractivity contribution in [3.8, 4) is 11.8 Å². The van der Waals surface area contributed by atoms with E-state index in [1.165, 1.54) is 16.7 Å². The summed E-state index contributed by atoms with van der Waals surface area (Å²) in [6.07, 6.45) is 2.31. The minimum atomic E-state index is -0.426. The standard InChI is InChI=1S/C27H26N2O2/c1-18-11-19(2)13-21(12-18)14-23-16-25(31-4)10-9-22(23)15-24(17-28)27(30)29-26-8-6-5-7-20(26)3/h5-13,15-16H,14H2,1-4H3,(H,29,30)/b24-15+. The van der Waals surface area contributed by atoms with Crippen LogP contribution in [0.3, 0.4) is 0 Å². The van der Waals surface area contributed by atoms with Crippen molar-refractivity contribution in [2.45, 2.75) is 27.2 Å². The molecule has 156 valence electrons. The van der Waals surface area contributed by atoms with Gasteiger partial charge in [-0.05, 0) is 73.7 Å². The topological polar surface area (TPSA) is 62.1 Å². The van der Waals surface area contributed by atoms with Crippen molar-refractivity contribution in [1.29, 1.82) is 5.26 Å². The van der Waals surface area contributed by atoms with Gasteiger partial charge >= 0.3 is 0 Å². The molecule has 0 aliphatic rings. The number of aryl methyl sites for hydroxylation is 3. The first-order valence-corrected chi connectivity index (χ1v) is 10.1. The summed E-state index contributed by atoms with van der Waals surface area (Å²) in [5.41, 5.74) is 7.05. The Labute approximate surface area is 183 Å². The normalized spacial score (nSPS) is 11.0. The van der Waals surface area contributed by atoms with Crippen molar-refractivity contribution in [2.24, 2.45) is 0 Å². The van der Waals surface area contributed by atoms with Crippen molar-refractivity contribution in [1.82, 2.24) is 0 Å². The molecule has 0 saturated heterocycles. The number of anilines is 1. The number of methoxy groups -OCH3 is 1. The highest BCUT2D eigenvalue weighted by atomic mass is 16.5. The minimum absolute atomic E-state index is 0.0510. The van der Waals surface area contributed by atoms with Gasteiger partial charge < -0.3 is 10.1 Å². The molecule has 3 aromatic rings. The fraction of sp³-hybridized carbons (Fsp3) is 0.185. The molecule has 0 aromatic heterocycles. The van der Waals surface area contributed by atoms with Crippen LogP contribution in [0.25, 0.3) is 6.08 Å². The van der Waals surface area contributed by atoms with Gasteiger partial charge in [0.15, 0.2) is 0 Å². The molecule has 0 spiro atoms. The molecule has 0 unspecified atom stereocenters. The second-order valence-electron chi connectivity index (χ2n) is 7.68. The number of amides is 1. The number of rotatable bonds is 6. The van der Waals surface area contributed by atoms with Gasteiger partial charge in [-0.2, -0.15) is 5.26 Å². The summed E-state index contributed by atoms with van der Waals surface area (Å²) >= 11 is 0. The zero-order valence-electron chi connectivity index (χ0n) is 18.3. The van der Waals surface area contributed by atoms with E-state index in [1.54, 1.807) is 13.2 Å². The number of para-hydroxylation sites is 1. The maximum atomic E-state index is 12.8. The Hall–Kier alpha value is -3.84. The lowest BCUT2D eigenvalue weighted by Gasteiger charge is -2.12. The Morgan fingerprint density at radius 3 is 2.39 bits per heavy atom. The van der Waals surface area contributed by atoms with Crippen molar-refractivity contribution >= 4 is 17.7 Å². The number of carbonyl (C=O) groups excluding carboxylic acids is 1. The molecule has 0 aliphatic carbocycles. The first-order valence-electron chi connectivity index (χ1n) is 10.1. The van der Waals surface area contributed by atoms with Crippen LogP contribution in [-0.2, 0) is 11.2 Å². The second kappa shape index (κ2) is 9.77. The van der Waals surface area contributed by atoms with E-state index >= 15 is 0 Å². The van der Waals surface area contributed by atoms with Gasteiger partial charge in [-0.3, -0.25) is 4.79 Å². The van der Waals surface area contributed by atoms with Gasteiger partial charge in [-0.1, -0.05) is 53.6 Å². The fourth-order valence-electron chi connectivity index (χ4n) is 3.60. The van der Waals surface area contributed by atoms with Crippen LogP contribution in [0.5, 0.6) is 5.75 Å². The van der Waals surface area contributed by atoms with Crippen LogP contribution in [0.2, 0.25) is 0 Å². The SMILES string of the molecule is COc1ccc(/C=C(\C#N)C(=O)Nc2ccccc2C)c(Cc2cc(C)cc(C)c2)c1. The van der Waals surface area contributed by atoms with Crippen LogP contribution < -0.4 is 10.1 Å². The van der Waals surface area contributed by atoms with E-state index in [1.807, 2.05) is 55.5 Å². The van der Waals surface area contributed by atoms with Crippen LogP contribution in [-0.4, -0.2) is 13.0 Å². The smallest absolute Gasteiger partial charge is 0.266 e. The van der Waals surface area contributed by atoms with Crippen LogP contribution in [0.15, 0.2) is 66.2 Å². The van der Waals surface area contributed by atoms with E-state index < -0.39 is 5.91 Å². The summed E-state index contributed by atoms with van der Waals surface area (Å²) in [5, 5.41) is 12.5. The fourth-order valence-corrected chi connectivity index (χ4v) is 3.60. The van der Waals surface area contributed by atoms with Gasteiger partial charge in [0, 0.05) is 5.69 Å². The lowest BCUT2D eigenvalue weighted by Crippen LogP contribution is -2.14. The number of nitriles is 1. The lowest BCUT2D eigenvalue weighted by molar-refractivity contribution is -0.112. The molecular weight excluding hydrogens is 384 g/mol. The van der Waals surface area contributed by atoms with Gasteiger partial charge in [-0.25, -0.2) is 0 Å². The molecular formula is C27H26N2O2. The molecule has 0 saturated carbocycles. The summed E-state index contributed by atoms with van der Waals surface area (Å²) in [6, 6.07) is 21.7. The molecule has 1 N–H and O–H groups in total. The van der Waals surface area contributed by atoms with Crippen LogP contribution in [0, 0.1) is 32.1 Å². The van der Waals surface area contributed by atoms with Crippen molar-refractivity contribution in [3.05, 3.63) is 99.6 Å². The zero-order valence-corrected chi connectivity index (χ0v) is 18.3. The van der Waals surface area contributed by atoms with E-state index in [4.69, 9.17) is 4.74 Å². The van der Waals surface area contributed by atoms with Crippen molar-refractivity contribution in [3.63, 3.8) is 0 Å². The largest absolute Gasteiger partial charge is 0.497 e. The quantitative estimate of drug-likeness (QED) is 0.415. The monoisotopic (exact) mass is 410 g/mol. The Kier molecular flexibility index (Phi) is 6.89. The summed E-state index contributed by atoms with van der Waals surface area (Å²) in [5.74, 6) is 0.310. The third kappa shape index (κ3) is 5.61. The van der Waals surface area contributed by atoms with Crippen LogP contribution in [0.4, 0.5) is 5.69 Å². The number of nitrogens with zero attached hydrogens (tertiary/aromatic N) is 1. The third-order valence-electron chi connectivity index (χ3n) is 5.08. The average molecular weight is 411 g/mol. The molecule has 4 nitrogen and oxygen atoms in total. The van der Waals surface area contributed by atoms with Gasteiger partial charge in [-0.15, -0.1) is 0 Å². The minimum Gasteiger partial charge on any atom is -0.497 e. The molecule has 4 heteroatoms. The highest BCUT2D eigenvalue weighted by molar-refractivity contribution is 6.10. The molecule has 3 rings (SSSR count). The van der Waals surface area contributed by atoms with Gasteiger partial charge in [0.2, 0.25) is 0 Å². The number of carbonyl (C=O) groups is 1. The number of nitrogens with one attached hydrogen (secondary N) is 1. The highest BCUT2D eigenvalue weighted by Gasteiger charge is 2.13. The number of ether oxygens (including phenoxy) is 1. The molecule has 31 heavy (non-hydrogen) atoms. The van der Waals surface area contributed by atoms with E-state index in [9.17, 15) is 10.1 Å². The predicted molar refractivity (Wildman–Crippen MR) is 125 cm³/mol. The summed E-state index contributed by atoms with van der Waals surface area (Å²) in [4.78, 5) is 12.8. The molecule has 0 fully saturated rings. The predicted octanol–water partition coefficient (Wildman–Crippen LogP) is 5.76. The summed E-state index contributed by atoms with van der Waals surface area (Å²) in [7, 11) is 1.63. The lowest BCUT2D eigenvalue weighted by atomic mass is 9.96. The maximum Gasteiger partial charge on any atom is 0.266 e. The van der Waals surface area contributed by atoms with E-state index in [0.29, 0.717) is 12.1 Å². The molecule has 0 atom stereocenters. The van der Waals surface area contributed by atoms with Gasteiger partial charge in [0.1, 0.15) is 17.4 Å². The maximum absolute atomic E-state index is 12.8. The van der Waals surface area contributed by atoms with Gasteiger partial charge in [0.05, 0.1) is 7.11 Å². The average Bonchev–Trinajstić information content (AvgIpc) is 2.73. The first kappa shape index (κ1) is 21.9. The first-order chi connectivity index (χ1) is 14.9. The van der Waals surface area contributed by atoms with E-state index in [0.717, 1.165) is 22.4 Å². The van der Waals surface area contributed by atoms with Crippen molar-refractivity contribution in [2.75, 3.05) is 12.4 Å². The number of hydrogen-bond donors (Lipinski definition) is 1. The number of benzene rings is 3. The van der Waals surface area contributed by atoms with E-state index in [-0.39, 0.29) is 5.57 Å². The second-order valence-corrected chi connectivity index (χ2v) is 7.68. The van der Waals surface area contributed by atoms with Crippen LogP contribution >= 0.6 is 0 Å². The van der Waals surface area contributed by atoms with Crippen molar-refractivity contribution < 1.29 is 9.53 Å². The van der Waals surface area contributed by atoms with Gasteiger partial charge in [0.25, 0.3) is 5.91 Å². The Morgan fingerprint density at radius 2 is 1.74 bits per heavy atom. The summed E-state index contributed by atoms with van der Waals surface area (Å²) in [6.45, 7) is 6.07. The molecule has 1 amide bonds. The zero-order chi connectivity index (χ0) is 22.4. The molecule has 3 aromatic carbocycles. The Morgan fingerprint density at radius 1 is 1.03 bits per heavy atom. The highest BCUT2D eigenvalue weighted by Crippen LogP contribution is 2.24. The van der Waals surface area contributed by atoms with Crippen LogP contribution in [0.1, 0.15) is 33.4 Å².